The molecule has 0 aliphatic heterocycles. The van der Waals surface area contributed by atoms with E-state index in [0.717, 1.165) is 12.8 Å². The number of rotatable bonds is 1. The lowest BCUT2D eigenvalue weighted by Crippen LogP contribution is -2.63. The first-order valence-corrected chi connectivity index (χ1v) is 8.99. The van der Waals surface area contributed by atoms with Crippen LogP contribution in [0.5, 0.6) is 0 Å². The third kappa shape index (κ3) is 0.834. The fourth-order valence-electron chi connectivity index (χ4n) is 8.56. The average Bonchev–Trinajstić information content (AvgIpc) is 3.25. The average molecular weight is 302 g/mol. The van der Waals surface area contributed by atoms with Crippen molar-refractivity contribution in [1.82, 2.24) is 0 Å². The van der Waals surface area contributed by atoms with Crippen LogP contribution in [0.25, 0.3) is 0 Å². The van der Waals surface area contributed by atoms with Crippen LogP contribution in [0.2, 0.25) is 0 Å². The molecule has 5 saturated carbocycles. The summed E-state index contributed by atoms with van der Waals surface area (Å²) < 4.78 is 0. The second kappa shape index (κ2) is 2.99. The minimum Gasteiger partial charge on any atom is -0.299 e. The molecule has 0 saturated heterocycles. The smallest absolute Gasteiger partial charge is 0.142 e. The molecule has 1 aromatic rings. The zero-order valence-corrected chi connectivity index (χ0v) is 13.1. The van der Waals surface area contributed by atoms with Crippen molar-refractivity contribution in [2.45, 2.75) is 25.2 Å². The number of allylic oxidation sites excluding steroid dienone is 2. The number of benzene rings is 1. The Balaban J connectivity index is 1.66. The number of ketones is 2. The molecule has 5 fully saturated rings. The third-order valence-corrected chi connectivity index (χ3v) is 8.65. The van der Waals surface area contributed by atoms with E-state index in [1.165, 1.54) is 5.56 Å². The van der Waals surface area contributed by atoms with E-state index in [0.29, 0.717) is 23.4 Å². The summed E-state index contributed by atoms with van der Waals surface area (Å²) in [6, 6.07) is 10.6. The first-order valence-electron chi connectivity index (χ1n) is 8.99. The van der Waals surface area contributed by atoms with Crippen LogP contribution in [0.3, 0.4) is 0 Å². The number of hydrogen-bond donors (Lipinski definition) is 0. The molecule has 10 bridgehead atoms. The Hall–Kier alpha value is -1.70. The molecule has 0 spiro atoms. The molecule has 2 heteroatoms. The van der Waals surface area contributed by atoms with E-state index in [4.69, 9.17) is 0 Å². The van der Waals surface area contributed by atoms with Crippen molar-refractivity contribution in [1.29, 1.82) is 0 Å². The highest BCUT2D eigenvalue weighted by molar-refractivity contribution is 6.07. The van der Waals surface area contributed by atoms with Crippen molar-refractivity contribution >= 4 is 11.6 Å². The Morgan fingerprint density at radius 2 is 1.57 bits per heavy atom. The number of carbonyl (C=O) groups excluding carboxylic acids is 2. The van der Waals surface area contributed by atoms with Crippen LogP contribution < -0.4 is 0 Å². The standard InChI is InChI=1S/C21H18O2/c1-20-8-21(9-5-3-2-4-6-9)15-11-7-10(14(15)20)12-13(11)19(23)17(21)16(20)18(12)22/h2-6,10-13,16-17H,7-8H2,1H3. The minimum atomic E-state index is -0.135. The monoisotopic (exact) mass is 302 g/mol. The summed E-state index contributed by atoms with van der Waals surface area (Å²) in [7, 11) is 0. The molecule has 0 N–H and O–H groups in total. The van der Waals surface area contributed by atoms with E-state index < -0.39 is 0 Å². The number of hydrogen-bond acceptors (Lipinski definition) is 2. The Morgan fingerprint density at radius 1 is 0.913 bits per heavy atom. The van der Waals surface area contributed by atoms with Crippen LogP contribution in [0, 0.1) is 40.9 Å². The lowest BCUT2D eigenvalue weighted by Gasteiger charge is -2.58. The van der Waals surface area contributed by atoms with Crippen molar-refractivity contribution in [3.63, 3.8) is 0 Å². The van der Waals surface area contributed by atoms with Gasteiger partial charge in [-0.1, -0.05) is 48.4 Å². The summed E-state index contributed by atoms with van der Waals surface area (Å²) in [5.74, 6) is 1.72. The SMILES string of the molecule is CC12CC3(c4ccccc4)C4=C1C1CC4C4C(=O)C3C2C(=O)C14. The second-order valence-corrected chi connectivity index (χ2v) is 9.02. The predicted molar refractivity (Wildman–Crippen MR) is 83.4 cm³/mol. The molecule has 9 aliphatic rings. The molecule has 2 nitrogen and oxygen atoms in total. The maximum Gasteiger partial charge on any atom is 0.142 e. The largest absolute Gasteiger partial charge is 0.299 e. The molecule has 0 aromatic heterocycles. The Labute approximate surface area is 135 Å². The van der Waals surface area contributed by atoms with Gasteiger partial charge < -0.3 is 0 Å². The second-order valence-electron chi connectivity index (χ2n) is 9.02. The van der Waals surface area contributed by atoms with Crippen LogP contribution in [0.1, 0.15) is 25.3 Å². The van der Waals surface area contributed by atoms with Gasteiger partial charge in [0.05, 0.1) is 0 Å². The molecule has 0 radical (unpaired) electrons. The summed E-state index contributed by atoms with van der Waals surface area (Å²) >= 11 is 0. The lowest BCUT2D eigenvalue weighted by molar-refractivity contribution is -0.156. The topological polar surface area (TPSA) is 34.1 Å². The fraction of sp³-hybridized carbons (Fsp3) is 0.524. The van der Waals surface area contributed by atoms with Gasteiger partial charge in [0, 0.05) is 34.5 Å². The van der Waals surface area contributed by atoms with Crippen LogP contribution >= 0.6 is 0 Å². The first kappa shape index (κ1) is 11.8. The zero-order valence-electron chi connectivity index (χ0n) is 13.1. The highest BCUT2D eigenvalue weighted by atomic mass is 16.1. The maximum atomic E-state index is 13.4. The molecular formula is C21H18O2. The van der Waals surface area contributed by atoms with Gasteiger partial charge in [0.2, 0.25) is 0 Å². The van der Waals surface area contributed by atoms with Crippen molar-refractivity contribution in [2.75, 3.05) is 0 Å². The maximum absolute atomic E-state index is 13.4. The van der Waals surface area contributed by atoms with E-state index in [1.54, 1.807) is 11.1 Å². The van der Waals surface area contributed by atoms with Gasteiger partial charge in [-0.15, -0.1) is 0 Å². The zero-order chi connectivity index (χ0) is 15.3. The number of Topliss-reactive ketones (excluding diaryl/α,β-unsaturated/α-hetero) is 2. The molecular weight excluding hydrogens is 284 g/mol. The molecule has 9 aliphatic carbocycles. The van der Waals surface area contributed by atoms with Crippen LogP contribution in [0.4, 0.5) is 0 Å². The van der Waals surface area contributed by atoms with Gasteiger partial charge >= 0.3 is 0 Å². The van der Waals surface area contributed by atoms with Crippen LogP contribution in [0.15, 0.2) is 41.5 Å². The minimum absolute atomic E-state index is 0.0227. The predicted octanol–water partition coefficient (Wildman–Crippen LogP) is 2.92. The normalized spacial score (nSPS) is 56.0. The van der Waals surface area contributed by atoms with E-state index in [2.05, 4.69) is 37.3 Å². The molecule has 8 atom stereocenters. The van der Waals surface area contributed by atoms with Crippen molar-refractivity contribution < 1.29 is 9.59 Å². The summed E-state index contributed by atoms with van der Waals surface area (Å²) in [6.07, 6.45) is 2.09. The van der Waals surface area contributed by atoms with Gasteiger partial charge in [0.1, 0.15) is 11.6 Å². The van der Waals surface area contributed by atoms with Gasteiger partial charge in [0.25, 0.3) is 0 Å². The third-order valence-electron chi connectivity index (χ3n) is 8.65. The number of carbonyl (C=O) groups is 2. The summed E-state index contributed by atoms with van der Waals surface area (Å²) in [6.45, 7) is 2.31. The van der Waals surface area contributed by atoms with Crippen molar-refractivity contribution in [3.8, 4) is 0 Å². The molecule has 23 heavy (non-hydrogen) atoms. The molecule has 1 aromatic carbocycles. The highest BCUT2D eigenvalue weighted by Gasteiger charge is 2.85. The van der Waals surface area contributed by atoms with E-state index in [9.17, 15) is 9.59 Å². The highest BCUT2D eigenvalue weighted by Crippen LogP contribution is 2.85. The lowest BCUT2D eigenvalue weighted by atomic mass is 9.43. The van der Waals surface area contributed by atoms with E-state index in [-0.39, 0.29) is 34.5 Å². The van der Waals surface area contributed by atoms with Gasteiger partial charge in [-0.25, -0.2) is 0 Å². The van der Waals surface area contributed by atoms with Crippen molar-refractivity contribution in [3.05, 3.63) is 47.0 Å². The molecule has 114 valence electrons. The summed E-state index contributed by atoms with van der Waals surface area (Å²) in [4.78, 5) is 26.7. The Bertz CT molecular complexity index is 880. The molecule has 8 unspecified atom stereocenters. The van der Waals surface area contributed by atoms with Gasteiger partial charge in [-0.05, 0) is 30.2 Å². The molecule has 0 heterocycles. The summed E-state index contributed by atoms with van der Waals surface area (Å²) in [5, 5.41) is 0. The van der Waals surface area contributed by atoms with Crippen molar-refractivity contribution in [2.24, 2.45) is 40.9 Å². The van der Waals surface area contributed by atoms with Crippen LogP contribution in [-0.4, -0.2) is 11.6 Å². The molecule has 10 rings (SSSR count). The first-order chi connectivity index (χ1) is 11.1. The van der Waals surface area contributed by atoms with Gasteiger partial charge in [-0.2, -0.15) is 0 Å². The summed E-state index contributed by atoms with van der Waals surface area (Å²) in [5.41, 5.74) is 4.41. The fourth-order valence-corrected chi connectivity index (χ4v) is 8.56. The van der Waals surface area contributed by atoms with E-state index >= 15 is 0 Å². The van der Waals surface area contributed by atoms with Crippen LogP contribution in [-0.2, 0) is 15.0 Å². The van der Waals surface area contributed by atoms with Gasteiger partial charge in [-0.3, -0.25) is 9.59 Å². The Morgan fingerprint density at radius 3 is 2.30 bits per heavy atom. The van der Waals surface area contributed by atoms with Gasteiger partial charge in [0.15, 0.2) is 0 Å². The Kier molecular flexibility index (Phi) is 1.53. The molecule has 0 amide bonds. The van der Waals surface area contributed by atoms with E-state index in [1.807, 2.05) is 0 Å². The quantitative estimate of drug-likeness (QED) is 0.748.